The van der Waals surface area contributed by atoms with E-state index in [1.54, 1.807) is 6.92 Å². The number of aliphatic hydroxyl groups is 2. The second-order valence-electron chi connectivity index (χ2n) is 7.12. The lowest BCUT2D eigenvalue weighted by Gasteiger charge is -2.07. The predicted molar refractivity (Wildman–Crippen MR) is 104 cm³/mol. The van der Waals surface area contributed by atoms with Gasteiger partial charge in [0, 0.05) is 30.0 Å². The van der Waals surface area contributed by atoms with Gasteiger partial charge in [-0.2, -0.15) is 0 Å². The molecule has 2 aromatic carbocycles. The number of nitrogens with two attached hydrogens (primary N) is 1. The highest BCUT2D eigenvalue weighted by atomic mass is 16.6. The quantitative estimate of drug-likeness (QED) is 0.417. The molecule has 2 unspecified atom stereocenters. The zero-order valence-electron chi connectivity index (χ0n) is 15.8. The highest BCUT2D eigenvalue weighted by Gasteiger charge is 2.30. The van der Waals surface area contributed by atoms with Crippen LogP contribution in [0.25, 0.3) is 0 Å². The van der Waals surface area contributed by atoms with E-state index < -0.39 is 4.92 Å². The Labute approximate surface area is 162 Å². The van der Waals surface area contributed by atoms with Crippen LogP contribution < -0.4 is 15.2 Å². The summed E-state index contributed by atoms with van der Waals surface area (Å²) in [5.74, 6) is 1.06. The Balaban J connectivity index is 0.000000162. The molecule has 0 amide bonds. The number of aliphatic hydroxyl groups excluding tert-OH is 2. The Morgan fingerprint density at radius 1 is 1.00 bits per heavy atom. The van der Waals surface area contributed by atoms with Crippen molar-refractivity contribution in [2.45, 2.75) is 38.9 Å². The van der Waals surface area contributed by atoms with Gasteiger partial charge in [-0.1, -0.05) is 12.1 Å². The smallest absolute Gasteiger partial charge is 0.311 e. The van der Waals surface area contributed by atoms with Crippen LogP contribution in [0, 0.1) is 24.0 Å². The molecule has 2 aliphatic heterocycles. The molecule has 2 heterocycles. The summed E-state index contributed by atoms with van der Waals surface area (Å²) in [4.78, 5) is 10.3. The lowest BCUT2D eigenvalue weighted by Crippen LogP contribution is -2.17. The molecule has 0 saturated heterocycles. The third-order valence-electron chi connectivity index (χ3n) is 4.70. The normalized spacial score (nSPS) is 19.0. The van der Waals surface area contributed by atoms with Gasteiger partial charge in [0.2, 0.25) is 5.75 Å². The van der Waals surface area contributed by atoms with Crippen LogP contribution in [0.4, 0.5) is 11.4 Å². The monoisotopic (exact) mass is 388 g/mol. The summed E-state index contributed by atoms with van der Waals surface area (Å²) in [6, 6.07) is 7.29. The first-order valence-corrected chi connectivity index (χ1v) is 9.04. The summed E-state index contributed by atoms with van der Waals surface area (Å²) in [5.41, 5.74) is 10.3. The molecule has 0 radical (unpaired) electrons. The standard InChI is InChI=1S/C10H11NO4.C10H13NO2/c1-6-2-7-4-8(5-12)15-10(7)9(3-6)11(13)14;1-6-2-7-4-8(5-12)13-10(7)9(11)3-6/h2-3,8,12H,4-5H2,1H3;2-3,8,12H,4-5,11H2,1H3. The van der Waals surface area contributed by atoms with Gasteiger partial charge < -0.3 is 25.4 Å². The minimum atomic E-state index is -0.453. The molecule has 4 N–H and O–H groups in total. The second kappa shape index (κ2) is 8.04. The maximum absolute atomic E-state index is 10.8. The van der Waals surface area contributed by atoms with Crippen molar-refractivity contribution < 1.29 is 24.6 Å². The SMILES string of the molecule is Cc1cc(N)c2c(c1)CC(CO)O2.Cc1cc2c(c([N+](=O)[O-])c1)OC(CO)C2. The van der Waals surface area contributed by atoms with E-state index >= 15 is 0 Å². The Hall–Kier alpha value is -2.84. The van der Waals surface area contributed by atoms with Gasteiger partial charge in [0.1, 0.15) is 18.0 Å². The predicted octanol–water partition coefficient (Wildman–Crippen LogP) is 2.07. The fraction of sp³-hybridized carbons (Fsp3) is 0.400. The molecule has 8 nitrogen and oxygen atoms in total. The van der Waals surface area contributed by atoms with Crippen LogP contribution in [0.1, 0.15) is 22.3 Å². The molecule has 0 aliphatic carbocycles. The zero-order chi connectivity index (χ0) is 20.4. The average Bonchev–Trinajstić information content (AvgIpc) is 3.24. The minimum absolute atomic E-state index is 0.0130. The summed E-state index contributed by atoms with van der Waals surface area (Å²) in [5, 5.41) is 28.6. The lowest BCUT2D eigenvalue weighted by atomic mass is 10.1. The Morgan fingerprint density at radius 2 is 1.50 bits per heavy atom. The highest BCUT2D eigenvalue weighted by Crippen LogP contribution is 2.38. The lowest BCUT2D eigenvalue weighted by molar-refractivity contribution is -0.385. The Bertz CT molecular complexity index is 899. The van der Waals surface area contributed by atoms with Crippen LogP contribution in [-0.2, 0) is 12.8 Å². The van der Waals surface area contributed by atoms with E-state index in [1.165, 1.54) is 6.07 Å². The number of rotatable bonds is 3. The van der Waals surface area contributed by atoms with Gasteiger partial charge in [0.05, 0.1) is 23.8 Å². The molecule has 0 aromatic heterocycles. The van der Waals surface area contributed by atoms with Crippen LogP contribution in [0.2, 0.25) is 0 Å². The summed E-state index contributed by atoms with van der Waals surface area (Å²) < 4.78 is 10.8. The van der Waals surface area contributed by atoms with Crippen LogP contribution in [0.15, 0.2) is 24.3 Å². The second-order valence-corrected chi connectivity index (χ2v) is 7.12. The van der Waals surface area contributed by atoms with Crippen LogP contribution in [0.3, 0.4) is 0 Å². The fourth-order valence-electron chi connectivity index (χ4n) is 3.54. The van der Waals surface area contributed by atoms with Crippen LogP contribution in [0.5, 0.6) is 11.5 Å². The number of fused-ring (bicyclic) bond motifs is 2. The molecule has 8 heteroatoms. The maximum Gasteiger partial charge on any atom is 0.311 e. The van der Waals surface area contributed by atoms with Gasteiger partial charge in [-0.3, -0.25) is 10.1 Å². The maximum atomic E-state index is 10.8. The molecule has 2 aliphatic rings. The highest BCUT2D eigenvalue weighted by molar-refractivity contribution is 5.60. The minimum Gasteiger partial charge on any atom is -0.485 e. The summed E-state index contributed by atoms with van der Waals surface area (Å²) in [6.45, 7) is 3.74. The van der Waals surface area contributed by atoms with Crippen molar-refractivity contribution in [2.24, 2.45) is 0 Å². The van der Waals surface area contributed by atoms with Gasteiger partial charge in [0.15, 0.2) is 0 Å². The van der Waals surface area contributed by atoms with Crippen molar-refractivity contribution in [1.29, 1.82) is 0 Å². The van der Waals surface area contributed by atoms with Gasteiger partial charge in [-0.15, -0.1) is 0 Å². The number of hydrogen-bond donors (Lipinski definition) is 3. The van der Waals surface area contributed by atoms with Crippen molar-refractivity contribution in [1.82, 2.24) is 0 Å². The number of nitro benzene ring substituents is 1. The number of nitro groups is 1. The zero-order valence-corrected chi connectivity index (χ0v) is 15.8. The van der Waals surface area contributed by atoms with Crippen molar-refractivity contribution in [3.63, 3.8) is 0 Å². The van der Waals surface area contributed by atoms with Gasteiger partial charge in [-0.25, -0.2) is 0 Å². The number of anilines is 1. The number of benzene rings is 2. The first-order chi connectivity index (χ1) is 13.3. The Kier molecular flexibility index (Phi) is 5.71. The number of nitrogens with zero attached hydrogens (tertiary/aromatic N) is 1. The van der Waals surface area contributed by atoms with Crippen LogP contribution >= 0.6 is 0 Å². The number of hydrogen-bond acceptors (Lipinski definition) is 7. The third kappa shape index (κ3) is 4.02. The van der Waals surface area contributed by atoms with E-state index in [4.69, 9.17) is 25.4 Å². The molecule has 0 spiro atoms. The third-order valence-corrected chi connectivity index (χ3v) is 4.70. The molecule has 0 bridgehead atoms. The van der Waals surface area contributed by atoms with E-state index in [9.17, 15) is 10.1 Å². The molecule has 150 valence electrons. The average molecular weight is 388 g/mol. The van der Waals surface area contributed by atoms with Crippen molar-refractivity contribution in [3.8, 4) is 11.5 Å². The van der Waals surface area contributed by atoms with Crippen molar-refractivity contribution in [2.75, 3.05) is 18.9 Å². The molecular weight excluding hydrogens is 364 g/mol. The Morgan fingerprint density at radius 3 is 2.04 bits per heavy atom. The number of aryl methyl sites for hydroxylation is 2. The van der Waals surface area contributed by atoms with Crippen molar-refractivity contribution in [3.05, 3.63) is 56.6 Å². The number of nitrogen functional groups attached to an aromatic ring is 1. The first-order valence-electron chi connectivity index (χ1n) is 9.04. The van der Waals surface area contributed by atoms with Gasteiger partial charge in [0.25, 0.3) is 0 Å². The molecule has 0 saturated carbocycles. The molecule has 4 rings (SSSR count). The van der Waals surface area contributed by atoms with Gasteiger partial charge >= 0.3 is 5.69 Å². The fourth-order valence-corrected chi connectivity index (χ4v) is 3.54. The summed E-state index contributed by atoms with van der Waals surface area (Å²) >= 11 is 0. The topological polar surface area (TPSA) is 128 Å². The first kappa shape index (κ1) is 19.9. The number of ether oxygens (including phenoxy) is 2. The largest absolute Gasteiger partial charge is 0.485 e. The van der Waals surface area contributed by atoms with E-state index in [2.05, 4.69) is 6.07 Å². The van der Waals surface area contributed by atoms with Gasteiger partial charge in [-0.05, 0) is 31.0 Å². The molecular formula is C20H24N2O6. The van der Waals surface area contributed by atoms with E-state index in [1.807, 2.05) is 19.1 Å². The van der Waals surface area contributed by atoms with E-state index in [-0.39, 0.29) is 31.1 Å². The molecule has 2 aromatic rings. The summed E-state index contributed by atoms with van der Waals surface area (Å²) in [7, 11) is 0. The van der Waals surface area contributed by atoms with Crippen LogP contribution in [-0.4, -0.2) is 40.6 Å². The summed E-state index contributed by atoms with van der Waals surface area (Å²) in [6.07, 6.45) is 0.839. The van der Waals surface area contributed by atoms with E-state index in [0.717, 1.165) is 34.4 Å². The molecule has 28 heavy (non-hydrogen) atoms. The van der Waals surface area contributed by atoms with Crippen molar-refractivity contribution >= 4 is 11.4 Å². The molecule has 2 atom stereocenters. The van der Waals surface area contributed by atoms with E-state index in [0.29, 0.717) is 17.9 Å². The molecule has 0 fully saturated rings.